The Labute approximate surface area is 112 Å². The van der Waals surface area contributed by atoms with Gasteiger partial charge in [0.05, 0.1) is 0 Å². The number of aliphatic carboxylic acids is 1. The van der Waals surface area contributed by atoms with Crippen molar-refractivity contribution in [2.24, 2.45) is 5.92 Å². The first kappa shape index (κ1) is 13.8. The summed E-state index contributed by atoms with van der Waals surface area (Å²) in [5.41, 5.74) is 0.986. The second-order valence-corrected chi connectivity index (χ2v) is 5.52. The average Bonchev–Trinajstić information content (AvgIpc) is 2.74. The van der Waals surface area contributed by atoms with Crippen LogP contribution in [-0.4, -0.2) is 21.0 Å². The summed E-state index contributed by atoms with van der Waals surface area (Å²) < 4.78 is 0. The topological polar surface area (TPSA) is 83.0 Å². The average molecular weight is 264 g/mol. The van der Waals surface area contributed by atoms with E-state index in [2.05, 4.69) is 16.9 Å². The largest absolute Gasteiger partial charge is 0.481 e. The molecule has 19 heavy (non-hydrogen) atoms. The van der Waals surface area contributed by atoms with E-state index >= 15 is 0 Å². The fourth-order valence-electron chi connectivity index (χ4n) is 2.81. The first-order valence-corrected chi connectivity index (χ1v) is 6.79. The molecule has 2 atom stereocenters. The van der Waals surface area contributed by atoms with E-state index in [1.54, 1.807) is 6.92 Å². The van der Waals surface area contributed by atoms with Gasteiger partial charge in [0.1, 0.15) is 5.82 Å². The van der Waals surface area contributed by atoms with Gasteiger partial charge in [0.25, 0.3) is 5.56 Å². The van der Waals surface area contributed by atoms with Gasteiger partial charge in [-0.25, -0.2) is 4.98 Å². The molecule has 0 saturated heterocycles. The molecule has 0 amide bonds. The quantitative estimate of drug-likeness (QED) is 0.871. The number of aromatic nitrogens is 2. The van der Waals surface area contributed by atoms with Gasteiger partial charge in [-0.15, -0.1) is 0 Å². The summed E-state index contributed by atoms with van der Waals surface area (Å²) in [5.74, 6) is 0.899. The minimum Gasteiger partial charge on any atom is -0.481 e. The van der Waals surface area contributed by atoms with Crippen LogP contribution in [-0.2, 0) is 11.2 Å². The van der Waals surface area contributed by atoms with Gasteiger partial charge in [-0.2, -0.15) is 0 Å². The molecule has 1 aromatic heterocycles. The van der Waals surface area contributed by atoms with E-state index in [0.717, 1.165) is 18.7 Å². The van der Waals surface area contributed by atoms with Crippen molar-refractivity contribution in [2.75, 3.05) is 0 Å². The van der Waals surface area contributed by atoms with Crippen molar-refractivity contribution < 1.29 is 9.90 Å². The van der Waals surface area contributed by atoms with E-state index in [1.807, 2.05) is 0 Å². The summed E-state index contributed by atoms with van der Waals surface area (Å²) in [6, 6.07) is 0. The molecule has 0 aromatic carbocycles. The number of hydrogen-bond acceptors (Lipinski definition) is 3. The van der Waals surface area contributed by atoms with E-state index < -0.39 is 5.97 Å². The second kappa shape index (κ2) is 5.55. The molecule has 5 nitrogen and oxygen atoms in total. The Morgan fingerprint density at radius 3 is 2.74 bits per heavy atom. The molecule has 0 bridgehead atoms. The third kappa shape index (κ3) is 3.22. The monoisotopic (exact) mass is 264 g/mol. The van der Waals surface area contributed by atoms with Gasteiger partial charge < -0.3 is 10.1 Å². The van der Waals surface area contributed by atoms with E-state index in [-0.39, 0.29) is 18.4 Å². The summed E-state index contributed by atoms with van der Waals surface area (Å²) in [7, 11) is 0. The van der Waals surface area contributed by atoms with Crippen LogP contribution >= 0.6 is 0 Å². The minimum atomic E-state index is -0.896. The molecule has 2 unspecified atom stereocenters. The lowest BCUT2D eigenvalue weighted by molar-refractivity contribution is -0.136. The van der Waals surface area contributed by atoms with Crippen molar-refractivity contribution in [1.82, 2.24) is 9.97 Å². The van der Waals surface area contributed by atoms with Gasteiger partial charge in [-0.05, 0) is 38.5 Å². The molecule has 0 radical (unpaired) electrons. The molecular formula is C14H20N2O3. The van der Waals surface area contributed by atoms with E-state index in [9.17, 15) is 9.59 Å². The van der Waals surface area contributed by atoms with Crippen LogP contribution in [0.15, 0.2) is 4.79 Å². The smallest absolute Gasteiger partial charge is 0.303 e. The van der Waals surface area contributed by atoms with Crippen LogP contribution in [0.2, 0.25) is 0 Å². The van der Waals surface area contributed by atoms with Crippen molar-refractivity contribution in [3.63, 3.8) is 0 Å². The second-order valence-electron chi connectivity index (χ2n) is 5.52. The van der Waals surface area contributed by atoms with Crippen molar-refractivity contribution in [2.45, 2.75) is 51.9 Å². The zero-order valence-electron chi connectivity index (χ0n) is 11.4. The van der Waals surface area contributed by atoms with Gasteiger partial charge in [-0.3, -0.25) is 9.59 Å². The van der Waals surface area contributed by atoms with Gasteiger partial charge >= 0.3 is 5.97 Å². The minimum absolute atomic E-state index is 0.0363. The lowest BCUT2D eigenvalue weighted by Gasteiger charge is -2.11. The Kier molecular flexibility index (Phi) is 4.02. The Balaban J connectivity index is 2.21. The fraction of sp³-hybridized carbons (Fsp3) is 0.643. The third-order valence-electron chi connectivity index (χ3n) is 3.91. The number of rotatable bonds is 4. The summed E-state index contributed by atoms with van der Waals surface area (Å²) >= 11 is 0. The normalized spacial score (nSPS) is 22.6. The highest BCUT2D eigenvalue weighted by molar-refractivity contribution is 5.67. The van der Waals surface area contributed by atoms with Gasteiger partial charge in [0.15, 0.2) is 0 Å². The number of aryl methyl sites for hydroxylation is 1. The fourth-order valence-corrected chi connectivity index (χ4v) is 2.81. The Morgan fingerprint density at radius 1 is 1.47 bits per heavy atom. The van der Waals surface area contributed by atoms with Crippen LogP contribution in [0, 0.1) is 12.8 Å². The van der Waals surface area contributed by atoms with Gasteiger partial charge in [0.2, 0.25) is 0 Å². The molecule has 1 aliphatic carbocycles. The Bertz CT molecular complexity index is 536. The first-order valence-electron chi connectivity index (χ1n) is 6.79. The maximum Gasteiger partial charge on any atom is 0.303 e. The molecule has 1 aromatic rings. The van der Waals surface area contributed by atoms with E-state index in [0.29, 0.717) is 23.1 Å². The highest BCUT2D eigenvalue weighted by atomic mass is 16.4. The predicted octanol–water partition coefficient (Wildman–Crippen LogP) is 2.00. The molecule has 0 aliphatic heterocycles. The van der Waals surface area contributed by atoms with Crippen molar-refractivity contribution >= 4 is 5.97 Å². The van der Waals surface area contributed by atoms with E-state index in [4.69, 9.17) is 5.11 Å². The summed E-state index contributed by atoms with van der Waals surface area (Å²) in [6.07, 6.45) is 3.51. The standard InChI is InChI=1S/C14H20N2O3/c1-8-3-4-10(7-8)13-15-9(2)11(14(19)16-13)5-6-12(17)18/h8,10H,3-7H2,1-2H3,(H,17,18)(H,15,16,19). The number of hydrogen-bond donors (Lipinski definition) is 2. The first-order chi connectivity index (χ1) is 8.97. The zero-order chi connectivity index (χ0) is 14.0. The van der Waals surface area contributed by atoms with Crippen LogP contribution in [0.1, 0.15) is 55.6 Å². The predicted molar refractivity (Wildman–Crippen MR) is 71.3 cm³/mol. The molecule has 1 aliphatic rings. The highest BCUT2D eigenvalue weighted by Crippen LogP contribution is 2.36. The summed E-state index contributed by atoms with van der Waals surface area (Å²) in [4.78, 5) is 29.9. The highest BCUT2D eigenvalue weighted by Gasteiger charge is 2.25. The summed E-state index contributed by atoms with van der Waals surface area (Å²) in [6.45, 7) is 4.00. The Morgan fingerprint density at radius 2 is 2.21 bits per heavy atom. The molecule has 1 saturated carbocycles. The SMILES string of the molecule is Cc1nc(C2CCC(C)C2)[nH]c(=O)c1CCC(=O)O. The van der Waals surface area contributed by atoms with Crippen molar-refractivity contribution in [3.8, 4) is 0 Å². The van der Waals surface area contributed by atoms with Gasteiger partial charge in [-0.1, -0.05) is 6.92 Å². The number of H-pyrrole nitrogens is 1. The third-order valence-corrected chi connectivity index (χ3v) is 3.91. The Hall–Kier alpha value is -1.65. The number of carbonyl (C=O) groups is 1. The molecule has 0 spiro atoms. The van der Waals surface area contributed by atoms with Crippen LogP contribution in [0.3, 0.4) is 0 Å². The molecule has 2 rings (SSSR count). The number of carboxylic acid groups (broad SMARTS) is 1. The summed E-state index contributed by atoms with van der Waals surface area (Å²) in [5, 5.41) is 8.68. The number of nitrogens with one attached hydrogen (secondary N) is 1. The van der Waals surface area contributed by atoms with Crippen molar-refractivity contribution in [3.05, 3.63) is 27.4 Å². The molecule has 5 heteroatoms. The molecule has 2 N–H and O–H groups in total. The maximum atomic E-state index is 12.0. The zero-order valence-corrected chi connectivity index (χ0v) is 11.4. The molecular weight excluding hydrogens is 244 g/mol. The maximum absolute atomic E-state index is 12.0. The number of nitrogens with zero attached hydrogens (tertiary/aromatic N) is 1. The van der Waals surface area contributed by atoms with Crippen molar-refractivity contribution in [1.29, 1.82) is 0 Å². The lowest BCUT2D eigenvalue weighted by Crippen LogP contribution is -2.21. The number of aromatic amines is 1. The molecule has 1 heterocycles. The number of carboxylic acids is 1. The molecule has 1 fully saturated rings. The van der Waals surface area contributed by atoms with E-state index in [1.165, 1.54) is 6.42 Å². The van der Waals surface area contributed by atoms with Crippen LogP contribution in [0.4, 0.5) is 0 Å². The van der Waals surface area contributed by atoms with Gasteiger partial charge in [0, 0.05) is 23.6 Å². The molecule has 104 valence electrons. The lowest BCUT2D eigenvalue weighted by atomic mass is 10.0. The van der Waals surface area contributed by atoms with Crippen LogP contribution in [0.25, 0.3) is 0 Å². The van der Waals surface area contributed by atoms with Crippen LogP contribution < -0.4 is 5.56 Å². The van der Waals surface area contributed by atoms with Crippen LogP contribution in [0.5, 0.6) is 0 Å².